The smallest absolute Gasteiger partial charge is 0.142 e. The first kappa shape index (κ1) is 13.9. The molecule has 0 fully saturated rings. The summed E-state index contributed by atoms with van der Waals surface area (Å²) in [6.07, 6.45) is 1.51. The largest absolute Gasteiger partial charge is 0.337 e. The van der Waals surface area contributed by atoms with Crippen molar-refractivity contribution in [2.75, 3.05) is 5.32 Å². The van der Waals surface area contributed by atoms with Gasteiger partial charge in [-0.15, -0.1) is 11.3 Å². The predicted molar refractivity (Wildman–Crippen MR) is 86.9 cm³/mol. The first-order valence-corrected chi connectivity index (χ1v) is 7.62. The van der Waals surface area contributed by atoms with E-state index in [0.717, 1.165) is 15.1 Å². The van der Waals surface area contributed by atoms with Gasteiger partial charge >= 0.3 is 0 Å². The van der Waals surface area contributed by atoms with E-state index in [1.54, 1.807) is 23.5 Å². The van der Waals surface area contributed by atoms with Crippen molar-refractivity contribution >= 4 is 67.9 Å². The molecule has 1 N–H and O–H groups in total. The summed E-state index contributed by atoms with van der Waals surface area (Å²) in [6.45, 7) is 2.03. The molecule has 2 heterocycles. The Balaban J connectivity index is 2.10. The van der Waals surface area contributed by atoms with Crippen LogP contribution in [0.25, 0.3) is 10.2 Å². The van der Waals surface area contributed by atoms with Crippen molar-refractivity contribution in [2.45, 2.75) is 6.92 Å². The van der Waals surface area contributed by atoms with Crippen LogP contribution in [-0.4, -0.2) is 9.97 Å². The summed E-state index contributed by atoms with van der Waals surface area (Å²) in [4.78, 5) is 10.6. The molecule has 3 rings (SSSR count). The fourth-order valence-corrected chi connectivity index (χ4v) is 3.61. The monoisotopic (exact) mass is 343 g/mol. The highest BCUT2D eigenvalue weighted by molar-refractivity contribution is 7.18. The van der Waals surface area contributed by atoms with E-state index in [4.69, 9.17) is 34.8 Å². The van der Waals surface area contributed by atoms with Crippen molar-refractivity contribution in [1.29, 1.82) is 0 Å². The standard InChI is InChI=1S/C13H8Cl3N3S/c1-6-2-8-12(17-5-18-13(8)20-6)19-11-9(15)3-7(14)4-10(11)16/h2-5H,1H3,(H,17,18,19). The van der Waals surface area contributed by atoms with Crippen LogP contribution in [0.1, 0.15) is 4.88 Å². The van der Waals surface area contributed by atoms with Crippen LogP contribution in [0.5, 0.6) is 0 Å². The molecule has 2 aromatic heterocycles. The highest BCUT2D eigenvalue weighted by atomic mass is 35.5. The van der Waals surface area contributed by atoms with Crippen molar-refractivity contribution in [3.63, 3.8) is 0 Å². The fourth-order valence-electron chi connectivity index (χ4n) is 1.86. The van der Waals surface area contributed by atoms with E-state index in [9.17, 15) is 0 Å². The summed E-state index contributed by atoms with van der Waals surface area (Å²) in [5, 5.41) is 5.48. The molecule has 0 saturated heterocycles. The number of anilines is 2. The lowest BCUT2D eigenvalue weighted by atomic mass is 10.3. The maximum absolute atomic E-state index is 6.17. The van der Waals surface area contributed by atoms with Gasteiger partial charge in [0.2, 0.25) is 0 Å². The maximum Gasteiger partial charge on any atom is 0.142 e. The third-order valence-corrected chi connectivity index (χ3v) is 4.48. The average Bonchev–Trinajstić information content (AvgIpc) is 2.74. The summed E-state index contributed by atoms with van der Waals surface area (Å²) in [6, 6.07) is 5.29. The highest BCUT2D eigenvalue weighted by Gasteiger charge is 2.12. The van der Waals surface area contributed by atoms with Crippen LogP contribution < -0.4 is 5.32 Å². The van der Waals surface area contributed by atoms with Crippen LogP contribution >= 0.6 is 46.1 Å². The van der Waals surface area contributed by atoms with Gasteiger partial charge < -0.3 is 5.32 Å². The molecule has 0 aliphatic rings. The zero-order valence-corrected chi connectivity index (χ0v) is 13.3. The topological polar surface area (TPSA) is 37.8 Å². The number of hydrogen-bond acceptors (Lipinski definition) is 4. The highest BCUT2D eigenvalue weighted by Crippen LogP contribution is 2.37. The van der Waals surface area contributed by atoms with Crippen molar-refractivity contribution < 1.29 is 0 Å². The van der Waals surface area contributed by atoms with Gasteiger partial charge in [-0.1, -0.05) is 34.8 Å². The number of thiophene rings is 1. The summed E-state index contributed by atoms with van der Waals surface area (Å²) in [7, 11) is 0. The molecule has 102 valence electrons. The lowest BCUT2D eigenvalue weighted by Crippen LogP contribution is -1.96. The van der Waals surface area contributed by atoms with Crippen LogP contribution in [0.15, 0.2) is 24.5 Å². The minimum absolute atomic E-state index is 0.446. The van der Waals surface area contributed by atoms with E-state index in [1.807, 2.05) is 13.0 Å². The normalized spacial score (nSPS) is 11.0. The van der Waals surface area contributed by atoms with E-state index in [0.29, 0.717) is 26.6 Å². The van der Waals surface area contributed by atoms with Crippen LogP contribution in [0.2, 0.25) is 15.1 Å². The molecule has 20 heavy (non-hydrogen) atoms. The quantitative estimate of drug-likeness (QED) is 0.647. The van der Waals surface area contributed by atoms with E-state index >= 15 is 0 Å². The molecule has 3 aromatic rings. The number of nitrogens with one attached hydrogen (secondary N) is 1. The Hall–Kier alpha value is -1.07. The van der Waals surface area contributed by atoms with Crippen LogP contribution in [-0.2, 0) is 0 Å². The molecule has 0 saturated carbocycles. The summed E-state index contributed by atoms with van der Waals surface area (Å²) < 4.78 is 0. The molecule has 7 heteroatoms. The minimum Gasteiger partial charge on any atom is -0.337 e. The van der Waals surface area contributed by atoms with E-state index in [1.165, 1.54) is 6.33 Å². The van der Waals surface area contributed by atoms with Crippen molar-refractivity contribution in [2.24, 2.45) is 0 Å². The number of benzene rings is 1. The van der Waals surface area contributed by atoms with E-state index < -0.39 is 0 Å². The molecular weight excluding hydrogens is 337 g/mol. The Bertz CT molecular complexity index is 778. The number of fused-ring (bicyclic) bond motifs is 1. The Labute approximate surface area is 134 Å². The third kappa shape index (κ3) is 2.56. The van der Waals surface area contributed by atoms with Gasteiger partial charge in [-0.05, 0) is 25.1 Å². The Kier molecular flexibility index (Phi) is 3.73. The first-order chi connectivity index (χ1) is 9.54. The second kappa shape index (κ2) is 5.37. The molecular formula is C13H8Cl3N3S. The van der Waals surface area contributed by atoms with Crippen LogP contribution in [0, 0.1) is 6.92 Å². The van der Waals surface area contributed by atoms with Gasteiger partial charge in [0, 0.05) is 9.90 Å². The summed E-state index contributed by atoms with van der Waals surface area (Å²) in [5.74, 6) is 0.672. The number of aromatic nitrogens is 2. The van der Waals surface area contributed by atoms with Crippen LogP contribution in [0.3, 0.4) is 0 Å². The zero-order chi connectivity index (χ0) is 14.3. The van der Waals surface area contributed by atoms with Gasteiger partial charge in [0.05, 0.1) is 21.1 Å². The molecule has 0 spiro atoms. The Morgan fingerprint density at radius 1 is 1.05 bits per heavy atom. The average molecular weight is 345 g/mol. The van der Waals surface area contributed by atoms with Crippen LogP contribution in [0.4, 0.5) is 11.5 Å². The van der Waals surface area contributed by atoms with Gasteiger partial charge in [0.1, 0.15) is 17.0 Å². The lowest BCUT2D eigenvalue weighted by Gasteiger charge is -2.10. The zero-order valence-electron chi connectivity index (χ0n) is 10.2. The van der Waals surface area contributed by atoms with Gasteiger partial charge in [-0.3, -0.25) is 0 Å². The number of rotatable bonds is 2. The van der Waals surface area contributed by atoms with Gasteiger partial charge in [0.15, 0.2) is 0 Å². The second-order valence-electron chi connectivity index (χ2n) is 4.17. The Morgan fingerprint density at radius 3 is 2.45 bits per heavy atom. The van der Waals surface area contributed by atoms with E-state index in [-0.39, 0.29) is 0 Å². The van der Waals surface area contributed by atoms with Crippen molar-refractivity contribution in [1.82, 2.24) is 9.97 Å². The van der Waals surface area contributed by atoms with E-state index in [2.05, 4.69) is 15.3 Å². The minimum atomic E-state index is 0.446. The predicted octanol–water partition coefficient (Wildman–Crippen LogP) is 5.70. The molecule has 0 unspecified atom stereocenters. The SMILES string of the molecule is Cc1cc2c(Nc3c(Cl)cc(Cl)cc3Cl)ncnc2s1. The van der Waals surface area contributed by atoms with Gasteiger partial charge in [-0.2, -0.15) is 0 Å². The van der Waals surface area contributed by atoms with Gasteiger partial charge in [-0.25, -0.2) is 9.97 Å². The molecule has 3 nitrogen and oxygen atoms in total. The number of hydrogen-bond donors (Lipinski definition) is 1. The maximum atomic E-state index is 6.17. The van der Waals surface area contributed by atoms with Crippen molar-refractivity contribution in [3.05, 3.63) is 44.5 Å². The second-order valence-corrected chi connectivity index (χ2v) is 6.65. The lowest BCUT2D eigenvalue weighted by molar-refractivity contribution is 1.23. The third-order valence-electron chi connectivity index (χ3n) is 2.70. The number of aryl methyl sites for hydroxylation is 1. The van der Waals surface area contributed by atoms with Crippen molar-refractivity contribution in [3.8, 4) is 0 Å². The van der Waals surface area contributed by atoms with Gasteiger partial charge in [0.25, 0.3) is 0 Å². The molecule has 1 aromatic carbocycles. The number of nitrogens with zero attached hydrogens (tertiary/aromatic N) is 2. The fraction of sp³-hybridized carbons (Fsp3) is 0.0769. The molecule has 0 aliphatic carbocycles. The summed E-state index contributed by atoms with van der Waals surface area (Å²) >= 11 is 19.9. The molecule has 0 atom stereocenters. The Morgan fingerprint density at radius 2 is 1.75 bits per heavy atom. The molecule has 0 aliphatic heterocycles. The summed E-state index contributed by atoms with van der Waals surface area (Å²) in [5.41, 5.74) is 0.585. The molecule has 0 radical (unpaired) electrons. The molecule has 0 amide bonds. The number of halogens is 3. The first-order valence-electron chi connectivity index (χ1n) is 5.67. The molecule has 0 bridgehead atoms.